The monoisotopic (exact) mass is 416 g/mol. The van der Waals surface area contributed by atoms with Crippen LogP contribution >= 0.6 is 0 Å². The number of nitrogens with one attached hydrogen (secondary N) is 1. The van der Waals surface area contributed by atoms with Crippen LogP contribution in [0.3, 0.4) is 0 Å². The number of aromatic nitrogens is 2. The highest BCUT2D eigenvalue weighted by Gasteiger charge is 2.25. The molecule has 0 atom stereocenters. The molecule has 0 radical (unpaired) electrons. The van der Waals surface area contributed by atoms with Gasteiger partial charge in [0.25, 0.3) is 11.8 Å². The summed E-state index contributed by atoms with van der Waals surface area (Å²) < 4.78 is 5.04. The first kappa shape index (κ1) is 20.5. The third-order valence-electron chi connectivity index (χ3n) is 5.41. The standard InChI is InChI=1S/C24H24N4O3/c1-31-22-11-10-21(26-27-22)18-8-5-9-19(16-18)24(30)28-14-12-20(13-15-28)25-23(29)17-6-3-2-4-7-17/h2-11,16,20H,12-15H2,1H3,(H,25,29). The van der Waals surface area contributed by atoms with E-state index in [9.17, 15) is 9.59 Å². The number of carbonyl (C=O) groups excluding carboxylic acids is 2. The van der Waals surface area contributed by atoms with E-state index in [0.717, 1.165) is 18.4 Å². The molecular weight excluding hydrogens is 392 g/mol. The van der Waals surface area contributed by atoms with Crippen molar-refractivity contribution < 1.29 is 14.3 Å². The molecule has 0 unspecified atom stereocenters. The molecule has 7 heteroatoms. The normalized spacial score (nSPS) is 14.2. The molecule has 4 rings (SSSR count). The van der Waals surface area contributed by atoms with Gasteiger partial charge in [-0.15, -0.1) is 10.2 Å². The number of amides is 2. The zero-order chi connectivity index (χ0) is 21.6. The first-order valence-electron chi connectivity index (χ1n) is 10.3. The predicted molar refractivity (Wildman–Crippen MR) is 117 cm³/mol. The molecule has 1 aliphatic rings. The topological polar surface area (TPSA) is 84.4 Å². The van der Waals surface area contributed by atoms with Gasteiger partial charge in [-0.1, -0.05) is 30.3 Å². The molecule has 31 heavy (non-hydrogen) atoms. The van der Waals surface area contributed by atoms with Crippen molar-refractivity contribution in [2.75, 3.05) is 20.2 Å². The lowest BCUT2D eigenvalue weighted by molar-refractivity contribution is 0.0698. The number of carbonyl (C=O) groups is 2. The van der Waals surface area contributed by atoms with Crippen molar-refractivity contribution in [3.63, 3.8) is 0 Å². The van der Waals surface area contributed by atoms with Crippen LogP contribution in [0.1, 0.15) is 33.6 Å². The van der Waals surface area contributed by atoms with Crippen LogP contribution in [0.2, 0.25) is 0 Å². The van der Waals surface area contributed by atoms with Crippen molar-refractivity contribution >= 4 is 11.8 Å². The highest BCUT2D eigenvalue weighted by Crippen LogP contribution is 2.21. The van der Waals surface area contributed by atoms with E-state index in [4.69, 9.17) is 4.74 Å². The minimum absolute atomic E-state index is 0.0174. The van der Waals surface area contributed by atoms with Crippen molar-refractivity contribution in [1.82, 2.24) is 20.4 Å². The van der Waals surface area contributed by atoms with E-state index >= 15 is 0 Å². The number of methoxy groups -OCH3 is 1. The van der Waals surface area contributed by atoms with E-state index < -0.39 is 0 Å². The Bertz CT molecular complexity index is 1050. The molecule has 1 aromatic heterocycles. The molecule has 2 amide bonds. The van der Waals surface area contributed by atoms with Crippen LogP contribution in [-0.2, 0) is 0 Å². The Hall–Kier alpha value is -3.74. The van der Waals surface area contributed by atoms with Crippen molar-refractivity contribution in [3.05, 3.63) is 77.9 Å². The van der Waals surface area contributed by atoms with Crippen molar-refractivity contribution in [1.29, 1.82) is 0 Å². The van der Waals surface area contributed by atoms with Crippen molar-refractivity contribution in [3.8, 4) is 17.1 Å². The Balaban J connectivity index is 1.37. The van der Waals surface area contributed by atoms with E-state index in [1.807, 2.05) is 53.4 Å². The van der Waals surface area contributed by atoms with Crippen molar-refractivity contribution in [2.45, 2.75) is 18.9 Å². The summed E-state index contributed by atoms with van der Waals surface area (Å²) >= 11 is 0. The molecule has 158 valence electrons. The first-order valence-corrected chi connectivity index (χ1v) is 10.3. The summed E-state index contributed by atoms with van der Waals surface area (Å²) in [4.78, 5) is 27.2. The number of ether oxygens (including phenoxy) is 1. The van der Waals surface area contributed by atoms with Gasteiger partial charge >= 0.3 is 0 Å². The van der Waals surface area contributed by atoms with E-state index in [1.54, 1.807) is 25.3 Å². The predicted octanol–water partition coefficient (Wildman–Crippen LogP) is 3.19. The Morgan fingerprint density at radius 2 is 1.68 bits per heavy atom. The van der Waals surface area contributed by atoms with Gasteiger partial charge in [-0.3, -0.25) is 9.59 Å². The summed E-state index contributed by atoms with van der Waals surface area (Å²) in [7, 11) is 1.54. The fraction of sp³-hybridized carbons (Fsp3) is 0.250. The third kappa shape index (κ3) is 4.88. The van der Waals surface area contributed by atoms with Gasteiger partial charge in [-0.25, -0.2) is 0 Å². The van der Waals surface area contributed by atoms with Gasteiger partial charge < -0.3 is 15.0 Å². The number of hydrogen-bond donors (Lipinski definition) is 1. The Labute approximate surface area is 181 Å². The van der Waals surface area contributed by atoms with Gasteiger partial charge in [0.2, 0.25) is 5.88 Å². The van der Waals surface area contributed by atoms with E-state index in [-0.39, 0.29) is 17.9 Å². The maximum absolute atomic E-state index is 13.0. The van der Waals surface area contributed by atoms with Gasteiger partial charge in [-0.05, 0) is 43.2 Å². The van der Waals surface area contributed by atoms with Crippen LogP contribution in [0.15, 0.2) is 66.7 Å². The lowest BCUT2D eigenvalue weighted by atomic mass is 10.0. The smallest absolute Gasteiger partial charge is 0.253 e. The van der Waals surface area contributed by atoms with Gasteiger partial charge in [0.05, 0.1) is 12.8 Å². The number of hydrogen-bond acceptors (Lipinski definition) is 5. The molecule has 0 saturated carbocycles. The largest absolute Gasteiger partial charge is 0.480 e. The highest BCUT2D eigenvalue weighted by molar-refractivity contribution is 5.96. The summed E-state index contributed by atoms with van der Waals surface area (Å²) in [6.07, 6.45) is 1.46. The lowest BCUT2D eigenvalue weighted by Gasteiger charge is -2.32. The van der Waals surface area contributed by atoms with Gasteiger partial charge in [0.15, 0.2) is 0 Å². The summed E-state index contributed by atoms with van der Waals surface area (Å²) in [5.74, 6) is 0.355. The molecule has 0 bridgehead atoms. The third-order valence-corrected chi connectivity index (χ3v) is 5.41. The Morgan fingerprint density at radius 3 is 2.35 bits per heavy atom. The number of likely N-dealkylation sites (tertiary alicyclic amines) is 1. The minimum atomic E-state index is -0.0707. The molecule has 2 aromatic carbocycles. The molecule has 0 aliphatic carbocycles. The summed E-state index contributed by atoms with van der Waals surface area (Å²) in [5, 5.41) is 11.2. The molecule has 3 aromatic rings. The van der Waals surface area contributed by atoms with E-state index in [1.165, 1.54) is 0 Å². The Morgan fingerprint density at radius 1 is 0.935 bits per heavy atom. The van der Waals surface area contributed by atoms with Gasteiger partial charge in [0, 0.05) is 41.9 Å². The zero-order valence-corrected chi connectivity index (χ0v) is 17.3. The SMILES string of the molecule is COc1ccc(-c2cccc(C(=O)N3CCC(NC(=O)c4ccccc4)CC3)c2)nn1. The number of rotatable bonds is 5. The lowest BCUT2D eigenvalue weighted by Crippen LogP contribution is -2.46. The van der Waals surface area contributed by atoms with Crippen LogP contribution in [0.25, 0.3) is 11.3 Å². The number of nitrogens with zero attached hydrogens (tertiary/aromatic N) is 3. The quantitative estimate of drug-likeness (QED) is 0.691. The average Bonchev–Trinajstić information content (AvgIpc) is 2.85. The maximum atomic E-state index is 13.0. The molecular formula is C24H24N4O3. The minimum Gasteiger partial charge on any atom is -0.480 e. The highest BCUT2D eigenvalue weighted by atomic mass is 16.5. The van der Waals surface area contributed by atoms with Crippen LogP contribution < -0.4 is 10.1 Å². The molecule has 2 heterocycles. The molecule has 7 nitrogen and oxygen atoms in total. The Kier molecular flexibility index (Phi) is 6.21. The zero-order valence-electron chi connectivity index (χ0n) is 17.3. The molecule has 1 aliphatic heterocycles. The average molecular weight is 416 g/mol. The van der Waals surface area contributed by atoms with Crippen LogP contribution in [0, 0.1) is 0 Å². The van der Waals surface area contributed by atoms with Gasteiger partial charge in [0.1, 0.15) is 0 Å². The van der Waals surface area contributed by atoms with Crippen LogP contribution in [0.4, 0.5) is 0 Å². The van der Waals surface area contributed by atoms with Crippen molar-refractivity contribution in [2.24, 2.45) is 0 Å². The molecule has 1 saturated heterocycles. The van der Waals surface area contributed by atoms with Crippen LogP contribution in [0.5, 0.6) is 5.88 Å². The summed E-state index contributed by atoms with van der Waals surface area (Å²) in [6, 6.07) is 20.2. The van der Waals surface area contributed by atoms with Crippen LogP contribution in [-0.4, -0.2) is 53.2 Å². The molecule has 0 spiro atoms. The van der Waals surface area contributed by atoms with E-state index in [2.05, 4.69) is 15.5 Å². The summed E-state index contributed by atoms with van der Waals surface area (Å²) in [6.45, 7) is 1.20. The number of benzene rings is 2. The van der Waals surface area contributed by atoms with Gasteiger partial charge in [-0.2, -0.15) is 0 Å². The first-order chi connectivity index (χ1) is 15.1. The number of piperidine rings is 1. The second kappa shape index (κ2) is 9.38. The molecule has 1 N–H and O–H groups in total. The fourth-order valence-electron chi connectivity index (χ4n) is 3.66. The molecule has 1 fully saturated rings. The summed E-state index contributed by atoms with van der Waals surface area (Å²) in [5.41, 5.74) is 2.77. The second-order valence-corrected chi connectivity index (χ2v) is 7.45. The fourth-order valence-corrected chi connectivity index (χ4v) is 3.66. The van der Waals surface area contributed by atoms with E-state index in [0.29, 0.717) is 35.8 Å². The maximum Gasteiger partial charge on any atom is 0.253 e. The second-order valence-electron chi connectivity index (χ2n) is 7.45.